The minimum Gasteiger partial charge on any atom is -0.354 e. The molecule has 2 aliphatic rings. The van der Waals surface area contributed by atoms with Gasteiger partial charge in [0.05, 0.1) is 17.4 Å². The van der Waals surface area contributed by atoms with Gasteiger partial charge >= 0.3 is 0 Å². The lowest BCUT2D eigenvalue weighted by Gasteiger charge is -2.36. The molecule has 2 fully saturated rings. The minimum absolute atomic E-state index is 0.850. The van der Waals surface area contributed by atoms with Crippen molar-refractivity contribution in [1.82, 2.24) is 24.3 Å². The van der Waals surface area contributed by atoms with E-state index in [2.05, 4.69) is 69.8 Å². The van der Waals surface area contributed by atoms with Crippen molar-refractivity contribution < 1.29 is 0 Å². The van der Waals surface area contributed by atoms with Gasteiger partial charge in [-0.05, 0) is 68.1 Å². The predicted molar refractivity (Wildman–Crippen MR) is 145 cm³/mol. The van der Waals surface area contributed by atoms with Crippen LogP contribution in [0.25, 0.3) is 38.9 Å². The summed E-state index contributed by atoms with van der Waals surface area (Å²) >= 11 is 0. The van der Waals surface area contributed by atoms with Gasteiger partial charge in [0.1, 0.15) is 11.5 Å². The molecule has 0 amide bonds. The molecular formula is C30H30N6. The zero-order chi connectivity index (χ0) is 24.2. The van der Waals surface area contributed by atoms with Gasteiger partial charge in [0.2, 0.25) is 0 Å². The van der Waals surface area contributed by atoms with E-state index in [1.807, 2.05) is 25.4 Å². The van der Waals surface area contributed by atoms with Crippen LogP contribution in [-0.2, 0) is 0 Å². The number of benzene rings is 1. The van der Waals surface area contributed by atoms with Gasteiger partial charge < -0.3 is 4.90 Å². The zero-order valence-corrected chi connectivity index (χ0v) is 20.9. The summed E-state index contributed by atoms with van der Waals surface area (Å²) in [6.07, 6.45) is 8.87. The van der Waals surface area contributed by atoms with E-state index >= 15 is 0 Å². The van der Waals surface area contributed by atoms with Gasteiger partial charge in [-0.2, -0.15) is 0 Å². The van der Waals surface area contributed by atoms with Crippen molar-refractivity contribution in [2.45, 2.75) is 32.7 Å². The summed E-state index contributed by atoms with van der Waals surface area (Å²) < 4.78 is 2.17. The third kappa shape index (κ3) is 3.73. The number of nitrogens with zero attached hydrogens (tertiary/aromatic N) is 6. The van der Waals surface area contributed by atoms with E-state index in [-0.39, 0.29) is 0 Å². The Morgan fingerprint density at radius 1 is 0.833 bits per heavy atom. The van der Waals surface area contributed by atoms with Crippen molar-refractivity contribution in [3.05, 3.63) is 78.4 Å². The van der Waals surface area contributed by atoms with Crippen LogP contribution in [0.3, 0.4) is 0 Å². The molecule has 1 aromatic carbocycles. The van der Waals surface area contributed by atoms with E-state index < -0.39 is 0 Å². The molecule has 5 aromatic rings. The first-order valence-corrected chi connectivity index (χ1v) is 12.9. The van der Waals surface area contributed by atoms with Crippen molar-refractivity contribution >= 4 is 22.4 Å². The Morgan fingerprint density at radius 3 is 2.47 bits per heavy atom. The normalized spacial score (nSPS) is 16.8. The number of aryl methyl sites for hydroxylation is 2. The maximum atomic E-state index is 4.91. The molecule has 180 valence electrons. The van der Waals surface area contributed by atoms with Crippen LogP contribution >= 0.6 is 0 Å². The summed E-state index contributed by atoms with van der Waals surface area (Å²) in [5.41, 5.74) is 8.67. The van der Waals surface area contributed by atoms with E-state index in [9.17, 15) is 0 Å². The molecule has 0 N–H and O–H groups in total. The smallest absolute Gasteiger partial charge is 0.137 e. The van der Waals surface area contributed by atoms with Crippen LogP contribution in [0.5, 0.6) is 0 Å². The number of hydrogen-bond donors (Lipinski definition) is 0. The van der Waals surface area contributed by atoms with Gasteiger partial charge in [0.25, 0.3) is 0 Å². The Morgan fingerprint density at radius 2 is 1.67 bits per heavy atom. The fourth-order valence-electron chi connectivity index (χ4n) is 5.67. The number of piperazine rings is 1. The summed E-state index contributed by atoms with van der Waals surface area (Å²) in [5.74, 6) is 1.12. The largest absolute Gasteiger partial charge is 0.354 e. The molecule has 1 aliphatic carbocycles. The van der Waals surface area contributed by atoms with Gasteiger partial charge in [-0.25, -0.2) is 9.97 Å². The Labute approximate surface area is 211 Å². The van der Waals surface area contributed by atoms with Crippen LogP contribution in [0.15, 0.2) is 67.1 Å². The number of pyridine rings is 3. The SMILES string of the molecule is Cc1cc(-c2cnc3cc(-c4cnc(N5CCN(C6CC6)CC5)c(C)c4)ccn23)c2ccccc2n1. The first kappa shape index (κ1) is 21.5. The molecule has 6 heteroatoms. The third-order valence-corrected chi connectivity index (χ3v) is 7.69. The van der Waals surface area contributed by atoms with E-state index in [1.54, 1.807) is 0 Å². The van der Waals surface area contributed by atoms with Crippen LogP contribution in [-0.4, -0.2) is 56.5 Å². The van der Waals surface area contributed by atoms with E-state index in [0.29, 0.717) is 0 Å². The number of hydrogen-bond acceptors (Lipinski definition) is 5. The van der Waals surface area contributed by atoms with Crippen molar-refractivity contribution in [2.24, 2.45) is 0 Å². The molecule has 6 nitrogen and oxygen atoms in total. The van der Waals surface area contributed by atoms with Crippen LogP contribution < -0.4 is 4.90 Å². The fraction of sp³-hybridized carbons (Fsp3) is 0.300. The summed E-state index contributed by atoms with van der Waals surface area (Å²) in [5, 5.41) is 1.14. The van der Waals surface area contributed by atoms with Crippen LogP contribution in [0.2, 0.25) is 0 Å². The molecular weight excluding hydrogens is 444 g/mol. The molecule has 1 aliphatic heterocycles. The van der Waals surface area contributed by atoms with Gasteiger partial charge in [-0.3, -0.25) is 14.3 Å². The van der Waals surface area contributed by atoms with Gasteiger partial charge in [0.15, 0.2) is 0 Å². The lowest BCUT2D eigenvalue weighted by molar-refractivity contribution is 0.247. The van der Waals surface area contributed by atoms with Gasteiger partial charge in [0, 0.05) is 66.8 Å². The van der Waals surface area contributed by atoms with Crippen molar-refractivity contribution in [2.75, 3.05) is 31.1 Å². The monoisotopic (exact) mass is 474 g/mol. The molecule has 0 spiro atoms. The minimum atomic E-state index is 0.850. The maximum absolute atomic E-state index is 4.91. The topological polar surface area (TPSA) is 49.6 Å². The fourth-order valence-corrected chi connectivity index (χ4v) is 5.67. The quantitative estimate of drug-likeness (QED) is 0.344. The molecule has 4 aromatic heterocycles. The predicted octanol–water partition coefficient (Wildman–Crippen LogP) is 5.51. The summed E-state index contributed by atoms with van der Waals surface area (Å²) in [6, 6.07) is 17.9. The molecule has 0 unspecified atom stereocenters. The van der Waals surface area contributed by atoms with Crippen molar-refractivity contribution in [1.29, 1.82) is 0 Å². The molecule has 1 saturated heterocycles. The van der Waals surface area contributed by atoms with Crippen LogP contribution in [0.4, 0.5) is 5.82 Å². The highest BCUT2D eigenvalue weighted by Crippen LogP contribution is 2.32. The molecule has 0 bridgehead atoms. The summed E-state index contributed by atoms with van der Waals surface area (Å²) in [6.45, 7) is 8.66. The first-order chi connectivity index (χ1) is 17.6. The molecule has 0 radical (unpaired) electrons. The van der Waals surface area contributed by atoms with E-state index in [4.69, 9.17) is 15.0 Å². The average Bonchev–Trinajstić information content (AvgIpc) is 3.67. The Kier molecular flexibility index (Phi) is 5.03. The number of fused-ring (bicyclic) bond motifs is 2. The molecule has 5 heterocycles. The average molecular weight is 475 g/mol. The van der Waals surface area contributed by atoms with E-state index in [0.717, 1.165) is 82.7 Å². The summed E-state index contributed by atoms with van der Waals surface area (Å²) in [7, 11) is 0. The molecule has 1 saturated carbocycles. The van der Waals surface area contributed by atoms with Crippen LogP contribution in [0.1, 0.15) is 24.1 Å². The number of aromatic nitrogens is 4. The zero-order valence-electron chi connectivity index (χ0n) is 20.9. The number of imidazole rings is 1. The third-order valence-electron chi connectivity index (χ3n) is 7.69. The number of para-hydroxylation sites is 1. The van der Waals surface area contributed by atoms with E-state index in [1.165, 1.54) is 18.4 Å². The van der Waals surface area contributed by atoms with Crippen molar-refractivity contribution in [3.63, 3.8) is 0 Å². The second kappa shape index (κ2) is 8.42. The van der Waals surface area contributed by atoms with Crippen LogP contribution in [0, 0.1) is 13.8 Å². The molecule has 0 atom stereocenters. The Hall–Kier alpha value is -3.77. The number of anilines is 1. The maximum Gasteiger partial charge on any atom is 0.137 e. The highest BCUT2D eigenvalue weighted by molar-refractivity contribution is 5.94. The second-order valence-corrected chi connectivity index (χ2v) is 10.2. The standard InChI is InChI=1S/C30H30N6/c1-20-15-23(18-32-30(20)35-13-11-34(12-14-35)24-7-8-24)22-9-10-36-28(19-31-29(36)17-22)26-16-21(2)33-27-6-4-3-5-25(26)27/h3-6,9-10,15-19,24H,7-8,11-14H2,1-2H3. The summed E-state index contributed by atoms with van der Waals surface area (Å²) in [4.78, 5) is 19.5. The Balaban J connectivity index is 1.19. The number of rotatable bonds is 4. The lowest BCUT2D eigenvalue weighted by atomic mass is 10.0. The van der Waals surface area contributed by atoms with Crippen molar-refractivity contribution in [3.8, 4) is 22.4 Å². The highest BCUT2D eigenvalue weighted by Gasteiger charge is 2.31. The Bertz CT molecular complexity index is 1590. The van der Waals surface area contributed by atoms with Gasteiger partial charge in [-0.15, -0.1) is 0 Å². The first-order valence-electron chi connectivity index (χ1n) is 12.9. The highest BCUT2D eigenvalue weighted by atomic mass is 15.3. The molecule has 36 heavy (non-hydrogen) atoms. The lowest BCUT2D eigenvalue weighted by Crippen LogP contribution is -2.47. The van der Waals surface area contributed by atoms with Gasteiger partial charge in [-0.1, -0.05) is 18.2 Å². The second-order valence-electron chi connectivity index (χ2n) is 10.2. The molecule has 7 rings (SSSR count).